The van der Waals surface area contributed by atoms with E-state index in [1.807, 2.05) is 25.7 Å². The zero-order chi connectivity index (χ0) is 12.0. The first kappa shape index (κ1) is 11.7. The summed E-state index contributed by atoms with van der Waals surface area (Å²) in [6.07, 6.45) is 2.01. The lowest BCUT2D eigenvalue weighted by Crippen LogP contribution is -2.61. The fraction of sp³-hybridized carbons (Fsp3) is 0.917. The molecule has 92 valence electrons. The summed E-state index contributed by atoms with van der Waals surface area (Å²) >= 11 is 0. The average Bonchev–Trinajstić information content (AvgIpc) is 2.30. The van der Waals surface area contributed by atoms with E-state index in [-0.39, 0.29) is 11.6 Å². The van der Waals surface area contributed by atoms with Gasteiger partial charge < -0.3 is 10.1 Å². The van der Waals surface area contributed by atoms with E-state index < -0.39 is 5.60 Å². The fourth-order valence-electron chi connectivity index (χ4n) is 2.72. The van der Waals surface area contributed by atoms with E-state index in [9.17, 15) is 4.79 Å². The number of carbonyl (C=O) groups excluding carboxylic acids is 1. The van der Waals surface area contributed by atoms with Crippen molar-refractivity contribution in [1.82, 2.24) is 10.2 Å². The molecule has 4 nitrogen and oxygen atoms in total. The largest absolute Gasteiger partial charge is 0.444 e. The van der Waals surface area contributed by atoms with Crippen molar-refractivity contribution in [3.8, 4) is 0 Å². The Labute approximate surface area is 97.3 Å². The van der Waals surface area contributed by atoms with Gasteiger partial charge in [-0.05, 0) is 40.5 Å². The van der Waals surface area contributed by atoms with Crippen molar-refractivity contribution in [2.24, 2.45) is 0 Å². The van der Waals surface area contributed by atoms with Gasteiger partial charge in [-0.25, -0.2) is 4.79 Å². The predicted octanol–water partition coefficient (Wildman–Crippen LogP) is 1.75. The first-order chi connectivity index (χ1) is 7.32. The Balaban J connectivity index is 2.12. The van der Waals surface area contributed by atoms with Crippen LogP contribution >= 0.6 is 0 Å². The van der Waals surface area contributed by atoms with Gasteiger partial charge in [0.25, 0.3) is 0 Å². The summed E-state index contributed by atoms with van der Waals surface area (Å²) in [6, 6.07) is 0.314. The molecular formula is C12H22N2O2. The highest BCUT2D eigenvalue weighted by atomic mass is 16.6. The molecule has 2 aliphatic heterocycles. The Kier molecular flexibility index (Phi) is 2.65. The molecule has 0 saturated carbocycles. The summed E-state index contributed by atoms with van der Waals surface area (Å²) in [5, 5.41) is 3.39. The van der Waals surface area contributed by atoms with Crippen LogP contribution in [0.3, 0.4) is 0 Å². The Morgan fingerprint density at radius 1 is 1.50 bits per heavy atom. The Morgan fingerprint density at radius 2 is 2.19 bits per heavy atom. The number of piperazine rings is 1. The molecule has 2 aliphatic rings. The van der Waals surface area contributed by atoms with Gasteiger partial charge in [0.1, 0.15) is 5.60 Å². The molecule has 2 saturated heterocycles. The second-order valence-electron chi connectivity index (χ2n) is 6.17. The molecule has 2 heterocycles. The van der Waals surface area contributed by atoms with Gasteiger partial charge in [0.2, 0.25) is 0 Å². The normalized spacial score (nSPS) is 34.0. The van der Waals surface area contributed by atoms with E-state index in [0.29, 0.717) is 6.04 Å². The summed E-state index contributed by atoms with van der Waals surface area (Å²) in [4.78, 5) is 14.1. The minimum atomic E-state index is -0.405. The highest BCUT2D eigenvalue weighted by Crippen LogP contribution is 2.36. The van der Waals surface area contributed by atoms with Crippen molar-refractivity contribution in [2.45, 2.75) is 57.7 Å². The van der Waals surface area contributed by atoms with Crippen molar-refractivity contribution >= 4 is 6.09 Å². The van der Waals surface area contributed by atoms with Crippen LogP contribution in [0.2, 0.25) is 0 Å². The number of hydrogen-bond acceptors (Lipinski definition) is 3. The Morgan fingerprint density at radius 3 is 2.75 bits per heavy atom. The highest BCUT2D eigenvalue weighted by Gasteiger charge is 2.49. The molecule has 1 unspecified atom stereocenters. The number of nitrogens with one attached hydrogen (secondary N) is 1. The number of fused-ring (bicyclic) bond motifs is 2. The first-order valence-corrected chi connectivity index (χ1v) is 6.05. The minimum absolute atomic E-state index is 0.0503. The molecule has 1 amide bonds. The summed E-state index contributed by atoms with van der Waals surface area (Å²) in [6.45, 7) is 9.66. The molecule has 16 heavy (non-hydrogen) atoms. The standard InChI is InChI=1S/C12H22N2O2/c1-11(2,3)16-10(15)14-9-5-6-12(14,4)8-13-7-9/h9,13H,5-8H2,1-4H3/t9-,12?/m1/s1. The average molecular weight is 226 g/mol. The van der Waals surface area contributed by atoms with Crippen LogP contribution in [0.15, 0.2) is 0 Å². The van der Waals surface area contributed by atoms with E-state index in [4.69, 9.17) is 4.74 Å². The molecule has 2 atom stereocenters. The number of carbonyl (C=O) groups is 1. The second kappa shape index (κ2) is 3.62. The molecule has 1 N–H and O–H groups in total. The maximum absolute atomic E-state index is 12.2. The molecule has 0 spiro atoms. The number of ether oxygens (including phenoxy) is 1. The summed E-state index contributed by atoms with van der Waals surface area (Å²) in [5.74, 6) is 0. The van der Waals surface area contributed by atoms with Crippen molar-refractivity contribution < 1.29 is 9.53 Å². The minimum Gasteiger partial charge on any atom is -0.444 e. The first-order valence-electron chi connectivity index (χ1n) is 6.05. The molecule has 0 radical (unpaired) electrons. The summed E-state index contributed by atoms with van der Waals surface area (Å²) in [5.41, 5.74) is -0.455. The SMILES string of the molecule is CC(C)(C)OC(=O)N1[C@@H]2CCC1(C)CNC2. The predicted molar refractivity (Wildman–Crippen MR) is 62.4 cm³/mol. The number of rotatable bonds is 0. The molecule has 2 bridgehead atoms. The van der Waals surface area contributed by atoms with Crippen molar-refractivity contribution in [1.29, 1.82) is 0 Å². The van der Waals surface area contributed by atoms with E-state index in [2.05, 4.69) is 12.2 Å². The summed E-state index contributed by atoms with van der Waals surface area (Å²) < 4.78 is 5.48. The third-order valence-electron chi connectivity index (χ3n) is 3.44. The molecule has 0 aromatic heterocycles. The third-order valence-corrected chi connectivity index (χ3v) is 3.44. The third kappa shape index (κ3) is 2.03. The van der Waals surface area contributed by atoms with Gasteiger partial charge >= 0.3 is 6.09 Å². The van der Waals surface area contributed by atoms with Crippen LogP contribution in [-0.4, -0.2) is 41.3 Å². The Hall–Kier alpha value is -0.770. The van der Waals surface area contributed by atoms with Gasteiger partial charge in [0.15, 0.2) is 0 Å². The van der Waals surface area contributed by atoms with E-state index in [1.165, 1.54) is 0 Å². The molecular weight excluding hydrogens is 204 g/mol. The van der Waals surface area contributed by atoms with Gasteiger partial charge in [-0.3, -0.25) is 4.90 Å². The van der Waals surface area contributed by atoms with Crippen LogP contribution in [0.25, 0.3) is 0 Å². The van der Waals surface area contributed by atoms with E-state index in [0.717, 1.165) is 25.9 Å². The molecule has 0 aliphatic carbocycles. The fourth-order valence-corrected chi connectivity index (χ4v) is 2.72. The lowest BCUT2D eigenvalue weighted by molar-refractivity contribution is -0.00607. The van der Waals surface area contributed by atoms with Crippen molar-refractivity contribution in [2.75, 3.05) is 13.1 Å². The molecule has 0 aromatic rings. The van der Waals surface area contributed by atoms with Crippen LogP contribution in [0.4, 0.5) is 4.79 Å². The number of amides is 1. The second-order valence-corrected chi connectivity index (χ2v) is 6.17. The Bertz CT molecular complexity index is 294. The van der Waals surface area contributed by atoms with Gasteiger partial charge in [0.05, 0.1) is 5.54 Å². The maximum Gasteiger partial charge on any atom is 0.411 e. The molecule has 4 heteroatoms. The topological polar surface area (TPSA) is 41.6 Å². The van der Waals surface area contributed by atoms with E-state index >= 15 is 0 Å². The number of hydrogen-bond donors (Lipinski definition) is 1. The van der Waals surface area contributed by atoms with Gasteiger partial charge in [-0.1, -0.05) is 0 Å². The van der Waals surface area contributed by atoms with Gasteiger partial charge in [0, 0.05) is 19.1 Å². The maximum atomic E-state index is 12.2. The zero-order valence-electron chi connectivity index (χ0n) is 10.7. The molecule has 2 rings (SSSR count). The van der Waals surface area contributed by atoms with E-state index in [1.54, 1.807) is 0 Å². The van der Waals surface area contributed by atoms with Crippen LogP contribution in [0, 0.1) is 0 Å². The smallest absolute Gasteiger partial charge is 0.411 e. The highest BCUT2D eigenvalue weighted by molar-refractivity contribution is 5.70. The summed E-state index contributed by atoms with van der Waals surface area (Å²) in [7, 11) is 0. The molecule has 2 fully saturated rings. The van der Waals surface area contributed by atoms with Crippen LogP contribution in [-0.2, 0) is 4.74 Å². The number of nitrogens with zero attached hydrogens (tertiary/aromatic N) is 1. The quantitative estimate of drug-likeness (QED) is 0.684. The zero-order valence-corrected chi connectivity index (χ0v) is 10.7. The van der Waals surface area contributed by atoms with Crippen LogP contribution in [0.1, 0.15) is 40.5 Å². The van der Waals surface area contributed by atoms with Crippen molar-refractivity contribution in [3.05, 3.63) is 0 Å². The monoisotopic (exact) mass is 226 g/mol. The van der Waals surface area contributed by atoms with Crippen LogP contribution < -0.4 is 5.32 Å². The van der Waals surface area contributed by atoms with Gasteiger partial charge in [-0.2, -0.15) is 0 Å². The lowest BCUT2D eigenvalue weighted by Gasteiger charge is -2.43. The van der Waals surface area contributed by atoms with Crippen LogP contribution in [0.5, 0.6) is 0 Å². The lowest BCUT2D eigenvalue weighted by atomic mass is 9.99. The van der Waals surface area contributed by atoms with Gasteiger partial charge in [-0.15, -0.1) is 0 Å². The molecule has 0 aromatic carbocycles. The van der Waals surface area contributed by atoms with Crippen molar-refractivity contribution in [3.63, 3.8) is 0 Å².